The molecule has 0 amide bonds. The Hall–Kier alpha value is -1.58. The third-order valence-corrected chi connectivity index (χ3v) is 2.04. The Bertz CT molecular complexity index is 336. The van der Waals surface area contributed by atoms with Gasteiger partial charge in [0.25, 0.3) is 0 Å². The lowest BCUT2D eigenvalue weighted by molar-refractivity contribution is 0.686. The standard InChI is InChI=1S/C9H12N4/c1-7(9-12-4-5-13-9)6-8-10-2-3-11-8/h2-5,7H,6H2,1H3,(H,10,11)(H,12,13). The zero-order valence-corrected chi connectivity index (χ0v) is 7.49. The molecule has 0 saturated carbocycles. The number of nitrogens with zero attached hydrogens (tertiary/aromatic N) is 2. The van der Waals surface area contributed by atoms with Crippen LogP contribution < -0.4 is 0 Å². The average molecular weight is 176 g/mol. The first-order valence-corrected chi connectivity index (χ1v) is 4.34. The van der Waals surface area contributed by atoms with E-state index in [0.29, 0.717) is 5.92 Å². The molecule has 4 heteroatoms. The molecule has 13 heavy (non-hydrogen) atoms. The smallest absolute Gasteiger partial charge is 0.109 e. The fraction of sp³-hybridized carbons (Fsp3) is 0.333. The molecule has 1 unspecified atom stereocenters. The van der Waals surface area contributed by atoms with Gasteiger partial charge in [-0.1, -0.05) is 6.92 Å². The number of H-pyrrole nitrogens is 2. The molecule has 0 spiro atoms. The summed E-state index contributed by atoms with van der Waals surface area (Å²) in [5.74, 6) is 2.39. The summed E-state index contributed by atoms with van der Waals surface area (Å²) in [6.45, 7) is 2.13. The summed E-state index contributed by atoms with van der Waals surface area (Å²) in [7, 11) is 0. The minimum atomic E-state index is 0.376. The molecule has 0 aromatic carbocycles. The van der Waals surface area contributed by atoms with Gasteiger partial charge in [-0.25, -0.2) is 9.97 Å². The first-order chi connectivity index (χ1) is 6.36. The topological polar surface area (TPSA) is 57.4 Å². The van der Waals surface area contributed by atoms with Crippen molar-refractivity contribution in [2.75, 3.05) is 0 Å². The maximum Gasteiger partial charge on any atom is 0.109 e. The van der Waals surface area contributed by atoms with Gasteiger partial charge in [-0.2, -0.15) is 0 Å². The van der Waals surface area contributed by atoms with Crippen LogP contribution in [0.3, 0.4) is 0 Å². The zero-order chi connectivity index (χ0) is 9.10. The molecule has 4 nitrogen and oxygen atoms in total. The van der Waals surface area contributed by atoms with Crippen molar-refractivity contribution in [2.45, 2.75) is 19.3 Å². The largest absolute Gasteiger partial charge is 0.349 e. The van der Waals surface area contributed by atoms with Crippen molar-refractivity contribution in [3.8, 4) is 0 Å². The number of imidazole rings is 2. The fourth-order valence-corrected chi connectivity index (χ4v) is 1.34. The molecule has 0 aliphatic heterocycles. The highest BCUT2D eigenvalue weighted by Gasteiger charge is 2.09. The maximum absolute atomic E-state index is 4.20. The SMILES string of the molecule is CC(Cc1ncc[nH]1)c1ncc[nH]1. The summed E-state index contributed by atoms with van der Waals surface area (Å²) >= 11 is 0. The molecule has 2 aromatic heterocycles. The molecular weight excluding hydrogens is 164 g/mol. The van der Waals surface area contributed by atoms with Crippen molar-refractivity contribution in [3.63, 3.8) is 0 Å². The van der Waals surface area contributed by atoms with Gasteiger partial charge in [-0.05, 0) is 0 Å². The van der Waals surface area contributed by atoms with E-state index in [1.54, 1.807) is 12.4 Å². The molecule has 0 aliphatic carbocycles. The van der Waals surface area contributed by atoms with E-state index >= 15 is 0 Å². The second-order valence-electron chi connectivity index (χ2n) is 3.12. The lowest BCUT2D eigenvalue weighted by Gasteiger charge is -2.05. The van der Waals surface area contributed by atoms with Crippen LogP contribution in [0.15, 0.2) is 24.8 Å². The van der Waals surface area contributed by atoms with E-state index in [9.17, 15) is 0 Å². The van der Waals surface area contributed by atoms with Crippen molar-refractivity contribution < 1.29 is 0 Å². The van der Waals surface area contributed by atoms with Gasteiger partial charge in [0.05, 0.1) is 0 Å². The van der Waals surface area contributed by atoms with Crippen molar-refractivity contribution in [3.05, 3.63) is 36.4 Å². The van der Waals surface area contributed by atoms with E-state index in [1.165, 1.54) is 0 Å². The van der Waals surface area contributed by atoms with Crippen LogP contribution in [0, 0.1) is 0 Å². The van der Waals surface area contributed by atoms with Crippen LogP contribution in [0.4, 0.5) is 0 Å². The predicted molar refractivity (Wildman–Crippen MR) is 49.3 cm³/mol. The summed E-state index contributed by atoms with van der Waals surface area (Å²) in [5, 5.41) is 0. The predicted octanol–water partition coefficient (Wildman–Crippen LogP) is 1.48. The van der Waals surface area contributed by atoms with Gasteiger partial charge in [0.1, 0.15) is 11.6 Å². The molecule has 2 N–H and O–H groups in total. The van der Waals surface area contributed by atoms with Crippen molar-refractivity contribution >= 4 is 0 Å². The van der Waals surface area contributed by atoms with E-state index in [-0.39, 0.29) is 0 Å². The van der Waals surface area contributed by atoms with E-state index in [0.717, 1.165) is 18.1 Å². The van der Waals surface area contributed by atoms with Crippen LogP contribution in [0.5, 0.6) is 0 Å². The second kappa shape index (κ2) is 3.43. The zero-order valence-electron chi connectivity index (χ0n) is 7.49. The van der Waals surface area contributed by atoms with Crippen LogP contribution in [0.2, 0.25) is 0 Å². The van der Waals surface area contributed by atoms with Gasteiger partial charge < -0.3 is 9.97 Å². The molecule has 2 aromatic rings. The lowest BCUT2D eigenvalue weighted by Crippen LogP contribution is -2.01. The van der Waals surface area contributed by atoms with E-state index < -0.39 is 0 Å². The summed E-state index contributed by atoms with van der Waals surface area (Å²) < 4.78 is 0. The number of rotatable bonds is 3. The maximum atomic E-state index is 4.20. The molecule has 0 saturated heterocycles. The molecule has 0 aliphatic rings. The summed E-state index contributed by atoms with van der Waals surface area (Å²) in [6.07, 6.45) is 8.11. The van der Waals surface area contributed by atoms with Crippen molar-refractivity contribution in [2.24, 2.45) is 0 Å². The first-order valence-electron chi connectivity index (χ1n) is 4.34. The Kier molecular flexibility index (Phi) is 2.12. The second-order valence-corrected chi connectivity index (χ2v) is 3.12. The molecular formula is C9H12N4. The van der Waals surface area contributed by atoms with Crippen LogP contribution >= 0.6 is 0 Å². The van der Waals surface area contributed by atoms with Gasteiger partial charge in [-0.3, -0.25) is 0 Å². The first kappa shape index (κ1) is 8.04. The van der Waals surface area contributed by atoms with Crippen LogP contribution in [0.1, 0.15) is 24.5 Å². The van der Waals surface area contributed by atoms with E-state index in [1.807, 2.05) is 12.4 Å². The molecule has 0 fully saturated rings. The number of hydrogen-bond acceptors (Lipinski definition) is 2. The van der Waals surface area contributed by atoms with Crippen LogP contribution in [-0.2, 0) is 6.42 Å². The highest BCUT2D eigenvalue weighted by atomic mass is 14.9. The Morgan fingerprint density at radius 3 is 2.62 bits per heavy atom. The molecule has 1 atom stereocenters. The minimum Gasteiger partial charge on any atom is -0.349 e. The number of hydrogen-bond donors (Lipinski definition) is 2. The van der Waals surface area contributed by atoms with Gasteiger partial charge in [0, 0.05) is 37.1 Å². The van der Waals surface area contributed by atoms with E-state index in [2.05, 4.69) is 26.9 Å². The van der Waals surface area contributed by atoms with Crippen LogP contribution in [0.25, 0.3) is 0 Å². The van der Waals surface area contributed by atoms with Gasteiger partial charge in [-0.15, -0.1) is 0 Å². The van der Waals surface area contributed by atoms with Gasteiger partial charge >= 0.3 is 0 Å². The molecule has 0 radical (unpaired) electrons. The van der Waals surface area contributed by atoms with E-state index in [4.69, 9.17) is 0 Å². The normalized spacial score (nSPS) is 13.0. The molecule has 0 bridgehead atoms. The van der Waals surface area contributed by atoms with Crippen molar-refractivity contribution in [1.82, 2.24) is 19.9 Å². The number of aromatic amines is 2. The molecule has 2 heterocycles. The fourth-order valence-electron chi connectivity index (χ4n) is 1.34. The molecule has 68 valence electrons. The lowest BCUT2D eigenvalue weighted by atomic mass is 10.1. The minimum absolute atomic E-state index is 0.376. The Morgan fingerprint density at radius 2 is 2.00 bits per heavy atom. The molecule has 2 rings (SSSR count). The Balaban J connectivity index is 2.04. The summed E-state index contributed by atoms with van der Waals surface area (Å²) in [4.78, 5) is 14.5. The quantitative estimate of drug-likeness (QED) is 0.744. The monoisotopic (exact) mass is 176 g/mol. The highest BCUT2D eigenvalue weighted by Crippen LogP contribution is 2.13. The Labute approximate surface area is 76.4 Å². The van der Waals surface area contributed by atoms with Gasteiger partial charge in [0.15, 0.2) is 0 Å². The highest BCUT2D eigenvalue weighted by molar-refractivity contribution is 5.00. The third kappa shape index (κ3) is 1.77. The summed E-state index contributed by atoms with van der Waals surface area (Å²) in [5.41, 5.74) is 0. The van der Waals surface area contributed by atoms with Gasteiger partial charge in [0.2, 0.25) is 0 Å². The average Bonchev–Trinajstić information content (AvgIpc) is 2.74. The summed E-state index contributed by atoms with van der Waals surface area (Å²) in [6, 6.07) is 0. The van der Waals surface area contributed by atoms with Crippen LogP contribution in [-0.4, -0.2) is 19.9 Å². The number of aromatic nitrogens is 4. The number of nitrogens with one attached hydrogen (secondary N) is 2. The van der Waals surface area contributed by atoms with Crippen molar-refractivity contribution in [1.29, 1.82) is 0 Å². The Morgan fingerprint density at radius 1 is 1.23 bits per heavy atom. The third-order valence-electron chi connectivity index (χ3n) is 2.04.